The number of hydrogen-bond donors (Lipinski definition) is 4. The number of nitrogen functional groups attached to an aromatic ring is 2. The number of amides is 2. The summed E-state index contributed by atoms with van der Waals surface area (Å²) < 4.78 is 43.8. The van der Waals surface area contributed by atoms with Gasteiger partial charge in [0, 0.05) is 31.4 Å². The van der Waals surface area contributed by atoms with Crippen LogP contribution in [0.4, 0.5) is 24.5 Å². The molecule has 1 saturated heterocycles. The molecule has 1 aliphatic heterocycles. The van der Waals surface area contributed by atoms with Crippen LogP contribution in [0.25, 0.3) is 0 Å². The predicted octanol–water partition coefficient (Wildman–Crippen LogP) is 2.00. The number of nitrogens with two attached hydrogens (primary N) is 2. The summed E-state index contributed by atoms with van der Waals surface area (Å²) in [6, 6.07) is 7.95. The Bertz CT molecular complexity index is 1030. The summed E-state index contributed by atoms with van der Waals surface area (Å²) in [5.74, 6) is -0.674. The molecule has 33 heavy (non-hydrogen) atoms. The third-order valence-electron chi connectivity index (χ3n) is 5.37. The van der Waals surface area contributed by atoms with Gasteiger partial charge in [-0.3, -0.25) is 14.5 Å². The van der Waals surface area contributed by atoms with Gasteiger partial charge in [-0.1, -0.05) is 6.07 Å². The Morgan fingerprint density at radius 2 is 1.91 bits per heavy atom. The summed E-state index contributed by atoms with van der Waals surface area (Å²) in [7, 11) is 1.55. The van der Waals surface area contributed by atoms with Crippen LogP contribution in [0.2, 0.25) is 0 Å². The Morgan fingerprint density at radius 1 is 1.15 bits per heavy atom. The van der Waals surface area contributed by atoms with E-state index < -0.39 is 23.6 Å². The van der Waals surface area contributed by atoms with Crippen molar-refractivity contribution < 1.29 is 27.5 Å². The van der Waals surface area contributed by atoms with Crippen LogP contribution < -0.4 is 26.8 Å². The van der Waals surface area contributed by atoms with Crippen molar-refractivity contribution in [3.8, 4) is 5.75 Å². The minimum Gasteiger partial charge on any atom is -0.495 e. The van der Waals surface area contributed by atoms with Crippen molar-refractivity contribution in [2.75, 3.05) is 38.2 Å². The number of rotatable bonds is 7. The van der Waals surface area contributed by atoms with E-state index in [0.717, 1.165) is 30.7 Å². The second kappa shape index (κ2) is 9.99. The molecule has 6 N–H and O–H groups in total. The predicted molar refractivity (Wildman–Crippen MR) is 117 cm³/mol. The number of hydrogen-bond acceptors (Lipinski definition) is 6. The van der Waals surface area contributed by atoms with E-state index in [2.05, 4.69) is 15.5 Å². The Kier molecular flexibility index (Phi) is 7.32. The van der Waals surface area contributed by atoms with Gasteiger partial charge in [0.2, 0.25) is 5.91 Å². The molecule has 2 amide bonds. The lowest BCUT2D eigenvalue weighted by Gasteiger charge is -2.18. The summed E-state index contributed by atoms with van der Waals surface area (Å²) >= 11 is 0. The van der Waals surface area contributed by atoms with E-state index in [1.165, 1.54) is 0 Å². The number of likely N-dealkylation sites (tertiary alicyclic amines) is 1. The lowest BCUT2D eigenvalue weighted by molar-refractivity contribution is -0.137. The standard InChI is InChI=1S/C22H26F3N5O3/c1-33-19-5-2-13(8-18(19)27)11-30-7-6-15(12-30)29-20(31)10-28-21(32)16-9-14(22(23,24)25)3-4-17(16)26/h2-5,8-9,15H,6-7,10-12,26-27H2,1H3,(H,28,32)(H,29,31). The fourth-order valence-electron chi connectivity index (χ4n) is 3.70. The number of halogens is 3. The van der Waals surface area contributed by atoms with Gasteiger partial charge in [0.25, 0.3) is 5.91 Å². The average molecular weight is 465 g/mol. The number of benzene rings is 2. The van der Waals surface area contributed by atoms with Crippen LogP contribution in [0.15, 0.2) is 36.4 Å². The smallest absolute Gasteiger partial charge is 0.416 e. The van der Waals surface area contributed by atoms with Crippen molar-refractivity contribution >= 4 is 23.2 Å². The van der Waals surface area contributed by atoms with Crippen LogP contribution >= 0.6 is 0 Å². The molecule has 2 aromatic rings. The molecule has 178 valence electrons. The van der Waals surface area contributed by atoms with E-state index in [0.29, 0.717) is 30.6 Å². The van der Waals surface area contributed by atoms with Crippen LogP contribution in [0, 0.1) is 0 Å². The lowest BCUT2D eigenvalue weighted by Crippen LogP contribution is -2.43. The second-order valence-electron chi connectivity index (χ2n) is 7.85. The highest BCUT2D eigenvalue weighted by Crippen LogP contribution is 2.31. The maximum absolute atomic E-state index is 12.9. The number of alkyl halides is 3. The van der Waals surface area contributed by atoms with Crippen LogP contribution in [0.3, 0.4) is 0 Å². The molecule has 1 atom stereocenters. The number of methoxy groups -OCH3 is 1. The Balaban J connectivity index is 1.48. The quantitative estimate of drug-likeness (QED) is 0.464. The number of nitrogens with zero attached hydrogens (tertiary/aromatic N) is 1. The largest absolute Gasteiger partial charge is 0.495 e. The first-order valence-electron chi connectivity index (χ1n) is 10.3. The number of anilines is 2. The van der Waals surface area contributed by atoms with Gasteiger partial charge in [-0.15, -0.1) is 0 Å². The molecule has 0 spiro atoms. The van der Waals surface area contributed by atoms with E-state index in [-0.39, 0.29) is 23.8 Å². The molecular formula is C22H26F3N5O3. The number of carbonyl (C=O) groups is 2. The normalized spacial score (nSPS) is 16.4. The molecule has 0 aromatic heterocycles. The van der Waals surface area contributed by atoms with Crippen LogP contribution in [0.1, 0.15) is 27.9 Å². The van der Waals surface area contributed by atoms with Crippen molar-refractivity contribution in [2.24, 2.45) is 0 Å². The minimum absolute atomic E-state index is 0.105. The molecule has 1 heterocycles. The highest BCUT2D eigenvalue weighted by molar-refractivity contribution is 6.00. The highest BCUT2D eigenvalue weighted by atomic mass is 19.4. The number of ether oxygens (including phenoxy) is 1. The van der Waals surface area contributed by atoms with Crippen molar-refractivity contribution in [1.82, 2.24) is 15.5 Å². The van der Waals surface area contributed by atoms with Gasteiger partial charge < -0.3 is 26.8 Å². The van der Waals surface area contributed by atoms with Crippen LogP contribution in [-0.4, -0.2) is 49.5 Å². The van der Waals surface area contributed by atoms with Crippen molar-refractivity contribution in [3.63, 3.8) is 0 Å². The molecule has 0 aliphatic carbocycles. The van der Waals surface area contributed by atoms with Gasteiger partial charge in [0.1, 0.15) is 5.75 Å². The maximum Gasteiger partial charge on any atom is 0.416 e. The van der Waals surface area contributed by atoms with Gasteiger partial charge in [-0.2, -0.15) is 13.2 Å². The molecule has 3 rings (SSSR count). The Hall–Kier alpha value is -3.47. The highest BCUT2D eigenvalue weighted by Gasteiger charge is 2.31. The summed E-state index contributed by atoms with van der Waals surface area (Å²) in [5, 5.41) is 5.15. The van der Waals surface area contributed by atoms with Crippen LogP contribution in [-0.2, 0) is 17.5 Å². The number of nitrogens with one attached hydrogen (secondary N) is 2. The SMILES string of the molecule is COc1ccc(CN2CCC(NC(=O)CNC(=O)c3cc(C(F)(F)F)ccc3N)C2)cc1N. The molecule has 0 radical (unpaired) electrons. The maximum atomic E-state index is 12.9. The first kappa shape index (κ1) is 24.2. The summed E-state index contributed by atoms with van der Waals surface area (Å²) in [4.78, 5) is 26.6. The minimum atomic E-state index is -4.61. The topological polar surface area (TPSA) is 123 Å². The number of carbonyl (C=O) groups excluding carboxylic acids is 2. The molecule has 0 bridgehead atoms. The van der Waals surface area contributed by atoms with E-state index in [1.54, 1.807) is 13.2 Å². The van der Waals surface area contributed by atoms with E-state index in [9.17, 15) is 22.8 Å². The van der Waals surface area contributed by atoms with Crippen molar-refractivity contribution in [2.45, 2.75) is 25.2 Å². The Labute approximate surface area is 189 Å². The zero-order chi connectivity index (χ0) is 24.2. The zero-order valence-electron chi connectivity index (χ0n) is 18.0. The van der Waals surface area contributed by atoms with Gasteiger partial charge >= 0.3 is 6.18 Å². The monoisotopic (exact) mass is 465 g/mol. The van der Waals surface area contributed by atoms with E-state index in [1.807, 2.05) is 12.1 Å². The summed E-state index contributed by atoms with van der Waals surface area (Å²) in [6.45, 7) is 1.67. The zero-order valence-corrected chi connectivity index (χ0v) is 18.0. The summed E-state index contributed by atoms with van der Waals surface area (Å²) in [5.41, 5.74) is 11.7. The molecule has 11 heteroatoms. The van der Waals surface area contributed by atoms with Gasteiger partial charge in [0.15, 0.2) is 0 Å². The van der Waals surface area contributed by atoms with Gasteiger partial charge in [-0.25, -0.2) is 0 Å². The van der Waals surface area contributed by atoms with Gasteiger partial charge in [0.05, 0.1) is 30.5 Å². The third-order valence-corrected chi connectivity index (χ3v) is 5.37. The molecule has 1 unspecified atom stereocenters. The Morgan fingerprint density at radius 3 is 2.58 bits per heavy atom. The fraction of sp³-hybridized carbons (Fsp3) is 0.364. The first-order chi connectivity index (χ1) is 15.6. The second-order valence-corrected chi connectivity index (χ2v) is 7.85. The molecule has 2 aromatic carbocycles. The van der Waals surface area contributed by atoms with E-state index >= 15 is 0 Å². The van der Waals surface area contributed by atoms with Gasteiger partial charge in [-0.05, 0) is 42.3 Å². The third kappa shape index (κ3) is 6.28. The molecule has 1 fully saturated rings. The molecule has 0 saturated carbocycles. The average Bonchev–Trinajstić information content (AvgIpc) is 3.18. The molecule has 1 aliphatic rings. The first-order valence-corrected chi connectivity index (χ1v) is 10.3. The van der Waals surface area contributed by atoms with E-state index in [4.69, 9.17) is 16.2 Å². The molecule has 8 nitrogen and oxygen atoms in total. The fourth-order valence-corrected chi connectivity index (χ4v) is 3.70. The van der Waals surface area contributed by atoms with Crippen LogP contribution in [0.5, 0.6) is 5.75 Å². The van der Waals surface area contributed by atoms with Crippen molar-refractivity contribution in [3.05, 3.63) is 53.1 Å². The summed E-state index contributed by atoms with van der Waals surface area (Å²) in [6.07, 6.45) is -3.88. The lowest BCUT2D eigenvalue weighted by atomic mass is 10.1. The molecular weight excluding hydrogens is 439 g/mol. The van der Waals surface area contributed by atoms with Crippen molar-refractivity contribution in [1.29, 1.82) is 0 Å².